The number of hydrogen-bond donors (Lipinski definition) is 2. The Kier molecular flexibility index (Phi) is 5.68. The average Bonchev–Trinajstić information content (AvgIpc) is 2.52. The first kappa shape index (κ1) is 15.4. The van der Waals surface area contributed by atoms with E-state index in [1.165, 1.54) is 0 Å². The van der Waals surface area contributed by atoms with Crippen molar-refractivity contribution >= 4 is 17.3 Å². The van der Waals surface area contributed by atoms with Crippen LogP contribution < -0.4 is 15.8 Å². The van der Waals surface area contributed by atoms with Crippen LogP contribution in [0.15, 0.2) is 18.2 Å². The second-order valence-corrected chi connectivity index (χ2v) is 4.82. The van der Waals surface area contributed by atoms with Gasteiger partial charge in [0.1, 0.15) is 5.75 Å². The van der Waals surface area contributed by atoms with E-state index in [1.54, 1.807) is 0 Å². The van der Waals surface area contributed by atoms with Crippen LogP contribution in [0.4, 0.5) is 11.4 Å². The molecule has 116 valence electrons. The zero-order valence-corrected chi connectivity index (χ0v) is 12.4. The standard InChI is InChI=1S/C15H23N3O3/c1-2-21-13-5-3-4-12(15(13)16)17-7-6-14(19)18-8-10-20-11-9-18/h3-5,17H,2,6-11,16H2,1H3. The fourth-order valence-corrected chi connectivity index (χ4v) is 2.25. The molecule has 0 radical (unpaired) electrons. The number of amides is 1. The molecule has 6 nitrogen and oxygen atoms in total. The molecule has 1 amide bonds. The van der Waals surface area contributed by atoms with E-state index in [-0.39, 0.29) is 5.91 Å². The summed E-state index contributed by atoms with van der Waals surface area (Å²) in [5.41, 5.74) is 7.41. The zero-order valence-electron chi connectivity index (χ0n) is 12.4. The number of nitrogens with two attached hydrogens (primary N) is 1. The van der Waals surface area contributed by atoms with Gasteiger partial charge in [0, 0.05) is 26.1 Å². The van der Waals surface area contributed by atoms with Crippen molar-refractivity contribution in [2.45, 2.75) is 13.3 Å². The molecule has 1 aromatic carbocycles. The van der Waals surface area contributed by atoms with Crippen molar-refractivity contribution < 1.29 is 14.3 Å². The number of benzene rings is 1. The van der Waals surface area contributed by atoms with Crippen molar-refractivity contribution in [3.63, 3.8) is 0 Å². The average molecular weight is 293 g/mol. The molecule has 0 spiro atoms. The van der Waals surface area contributed by atoms with Crippen LogP contribution in [0.3, 0.4) is 0 Å². The number of nitrogens with one attached hydrogen (secondary N) is 1. The Labute approximate surface area is 125 Å². The van der Waals surface area contributed by atoms with Gasteiger partial charge < -0.3 is 25.4 Å². The highest BCUT2D eigenvalue weighted by molar-refractivity contribution is 5.78. The highest BCUT2D eigenvalue weighted by atomic mass is 16.5. The molecule has 1 aliphatic rings. The highest BCUT2D eigenvalue weighted by Gasteiger charge is 2.16. The van der Waals surface area contributed by atoms with Gasteiger partial charge in [0.15, 0.2) is 0 Å². The first-order valence-corrected chi connectivity index (χ1v) is 7.33. The number of ether oxygens (including phenoxy) is 2. The van der Waals surface area contributed by atoms with E-state index in [0.29, 0.717) is 57.3 Å². The van der Waals surface area contributed by atoms with Crippen LogP contribution in [0.5, 0.6) is 5.75 Å². The van der Waals surface area contributed by atoms with Gasteiger partial charge in [0.2, 0.25) is 5.91 Å². The topological polar surface area (TPSA) is 76.8 Å². The molecule has 3 N–H and O–H groups in total. The molecule has 1 saturated heterocycles. The maximum absolute atomic E-state index is 12.0. The summed E-state index contributed by atoms with van der Waals surface area (Å²) in [6, 6.07) is 5.60. The fraction of sp³-hybridized carbons (Fsp3) is 0.533. The lowest BCUT2D eigenvalue weighted by Gasteiger charge is -2.27. The van der Waals surface area contributed by atoms with Crippen LogP contribution >= 0.6 is 0 Å². The largest absolute Gasteiger partial charge is 0.492 e. The Balaban J connectivity index is 1.82. The van der Waals surface area contributed by atoms with Crippen molar-refractivity contribution in [3.8, 4) is 5.75 Å². The predicted molar refractivity (Wildman–Crippen MR) is 82.5 cm³/mol. The van der Waals surface area contributed by atoms with Crippen LogP contribution in [-0.4, -0.2) is 50.3 Å². The summed E-state index contributed by atoms with van der Waals surface area (Å²) in [7, 11) is 0. The first-order valence-electron chi connectivity index (χ1n) is 7.33. The molecule has 0 aromatic heterocycles. The molecule has 0 unspecified atom stereocenters. The number of nitrogen functional groups attached to an aromatic ring is 1. The van der Waals surface area contributed by atoms with Gasteiger partial charge in [-0.15, -0.1) is 0 Å². The van der Waals surface area contributed by atoms with Crippen molar-refractivity contribution in [1.82, 2.24) is 4.90 Å². The van der Waals surface area contributed by atoms with Gasteiger partial charge in [-0.1, -0.05) is 6.07 Å². The maximum atomic E-state index is 12.0. The van der Waals surface area contributed by atoms with E-state index in [2.05, 4.69) is 5.32 Å². The maximum Gasteiger partial charge on any atom is 0.224 e. The summed E-state index contributed by atoms with van der Waals surface area (Å²) in [6.07, 6.45) is 0.443. The fourth-order valence-electron chi connectivity index (χ4n) is 2.25. The number of nitrogens with zero attached hydrogens (tertiary/aromatic N) is 1. The van der Waals surface area contributed by atoms with E-state index in [1.807, 2.05) is 30.0 Å². The molecule has 6 heteroatoms. The quantitative estimate of drug-likeness (QED) is 0.774. The molecule has 21 heavy (non-hydrogen) atoms. The molecule has 2 rings (SSSR count). The Morgan fingerprint density at radius 2 is 2.19 bits per heavy atom. The minimum atomic E-state index is 0.144. The number of carbonyl (C=O) groups excluding carboxylic acids is 1. The number of carbonyl (C=O) groups is 1. The molecule has 0 saturated carbocycles. The number of morpholine rings is 1. The van der Waals surface area contributed by atoms with Gasteiger partial charge in [0.05, 0.1) is 31.2 Å². The predicted octanol–water partition coefficient (Wildman–Crippen LogP) is 1.33. The molecule has 1 heterocycles. The van der Waals surface area contributed by atoms with Gasteiger partial charge in [-0.2, -0.15) is 0 Å². The van der Waals surface area contributed by atoms with Crippen LogP contribution in [0.2, 0.25) is 0 Å². The molecule has 0 atom stereocenters. The van der Waals surface area contributed by atoms with E-state index in [4.69, 9.17) is 15.2 Å². The molecular weight excluding hydrogens is 270 g/mol. The Morgan fingerprint density at radius 1 is 1.43 bits per heavy atom. The Hall–Kier alpha value is -1.95. The third-order valence-corrected chi connectivity index (χ3v) is 3.38. The molecule has 0 aliphatic carbocycles. The van der Waals surface area contributed by atoms with Gasteiger partial charge in [0.25, 0.3) is 0 Å². The van der Waals surface area contributed by atoms with Crippen molar-refractivity contribution in [2.75, 3.05) is 50.5 Å². The van der Waals surface area contributed by atoms with Crippen LogP contribution in [-0.2, 0) is 9.53 Å². The van der Waals surface area contributed by atoms with Crippen LogP contribution in [0, 0.1) is 0 Å². The van der Waals surface area contributed by atoms with E-state index in [0.717, 1.165) is 5.69 Å². The molecule has 1 fully saturated rings. The van der Waals surface area contributed by atoms with Crippen LogP contribution in [0.1, 0.15) is 13.3 Å². The SMILES string of the molecule is CCOc1cccc(NCCC(=O)N2CCOCC2)c1N. The van der Waals surface area contributed by atoms with Crippen LogP contribution in [0.25, 0.3) is 0 Å². The first-order chi connectivity index (χ1) is 10.2. The number of para-hydroxylation sites is 1. The number of rotatable bonds is 6. The molecule has 1 aliphatic heterocycles. The summed E-state index contributed by atoms with van der Waals surface area (Å²) in [4.78, 5) is 13.9. The summed E-state index contributed by atoms with van der Waals surface area (Å²) in [5.74, 6) is 0.812. The normalized spacial score (nSPS) is 14.8. The minimum Gasteiger partial charge on any atom is -0.492 e. The van der Waals surface area contributed by atoms with E-state index < -0.39 is 0 Å². The molecule has 1 aromatic rings. The lowest BCUT2D eigenvalue weighted by atomic mass is 10.2. The lowest BCUT2D eigenvalue weighted by molar-refractivity contribution is -0.134. The van der Waals surface area contributed by atoms with Gasteiger partial charge in [-0.05, 0) is 19.1 Å². The van der Waals surface area contributed by atoms with Gasteiger partial charge in [-0.25, -0.2) is 0 Å². The van der Waals surface area contributed by atoms with Crippen molar-refractivity contribution in [1.29, 1.82) is 0 Å². The second kappa shape index (κ2) is 7.73. The Bertz CT molecular complexity index is 473. The summed E-state index contributed by atoms with van der Waals surface area (Å²) < 4.78 is 10.7. The summed E-state index contributed by atoms with van der Waals surface area (Å²) in [5, 5.41) is 3.20. The highest BCUT2D eigenvalue weighted by Crippen LogP contribution is 2.29. The van der Waals surface area contributed by atoms with Gasteiger partial charge >= 0.3 is 0 Å². The smallest absolute Gasteiger partial charge is 0.224 e. The number of hydrogen-bond acceptors (Lipinski definition) is 5. The summed E-state index contributed by atoms with van der Waals surface area (Å²) >= 11 is 0. The summed E-state index contributed by atoms with van der Waals surface area (Å²) in [6.45, 7) is 5.66. The lowest BCUT2D eigenvalue weighted by Crippen LogP contribution is -2.41. The minimum absolute atomic E-state index is 0.144. The van der Waals surface area contributed by atoms with E-state index in [9.17, 15) is 4.79 Å². The number of anilines is 2. The monoisotopic (exact) mass is 293 g/mol. The Morgan fingerprint density at radius 3 is 2.90 bits per heavy atom. The second-order valence-electron chi connectivity index (χ2n) is 4.82. The van der Waals surface area contributed by atoms with Gasteiger partial charge in [-0.3, -0.25) is 4.79 Å². The molecule has 0 bridgehead atoms. The third-order valence-electron chi connectivity index (χ3n) is 3.38. The van der Waals surface area contributed by atoms with Crippen molar-refractivity contribution in [3.05, 3.63) is 18.2 Å². The van der Waals surface area contributed by atoms with Crippen molar-refractivity contribution in [2.24, 2.45) is 0 Å². The van der Waals surface area contributed by atoms with E-state index >= 15 is 0 Å². The molecular formula is C15H23N3O3. The third kappa shape index (κ3) is 4.26. The zero-order chi connectivity index (χ0) is 15.1.